The topological polar surface area (TPSA) is 54.0 Å². The lowest BCUT2D eigenvalue weighted by atomic mass is 10.0. The fraction of sp³-hybridized carbons (Fsp3) is 0.250. The van der Waals surface area contributed by atoms with Crippen molar-refractivity contribution in [2.24, 2.45) is 0 Å². The number of halogens is 1. The van der Waals surface area contributed by atoms with Crippen LogP contribution >= 0.6 is 0 Å². The highest BCUT2D eigenvalue weighted by Crippen LogP contribution is 2.23. The zero-order valence-electron chi connectivity index (χ0n) is 12.3. The van der Waals surface area contributed by atoms with E-state index in [-0.39, 0.29) is 17.8 Å². The zero-order valence-corrected chi connectivity index (χ0v) is 12.3. The Morgan fingerprint density at radius 1 is 1.29 bits per heavy atom. The Morgan fingerprint density at radius 2 is 2.05 bits per heavy atom. The van der Waals surface area contributed by atoms with Crippen molar-refractivity contribution in [3.05, 3.63) is 59.2 Å². The predicted octanol–water partition coefficient (Wildman–Crippen LogP) is 3.06. The molecule has 2 N–H and O–H groups in total. The molecule has 0 fully saturated rings. The molecule has 1 aromatic carbocycles. The molecule has 1 aromatic heterocycles. The molecule has 0 aliphatic rings. The Hall–Kier alpha value is -2.43. The number of amides is 1. The minimum atomic E-state index is -0.358. The molecule has 21 heavy (non-hydrogen) atoms. The van der Waals surface area contributed by atoms with Crippen molar-refractivity contribution in [1.29, 1.82) is 0 Å². The Bertz CT molecular complexity index is 640. The summed E-state index contributed by atoms with van der Waals surface area (Å²) in [5.74, 6) is -0.479. The standard InChI is InChI=1S/C16H18FN3O/c1-10-13(16(21)18-3)5-4-6-14(10)20-11(2)15-8-7-12(17)9-19-15/h4-9,11,20H,1-3H3,(H,18,21). The van der Waals surface area contributed by atoms with Gasteiger partial charge in [0, 0.05) is 18.3 Å². The molecular weight excluding hydrogens is 269 g/mol. The van der Waals surface area contributed by atoms with Crippen molar-refractivity contribution in [2.75, 3.05) is 12.4 Å². The van der Waals surface area contributed by atoms with Gasteiger partial charge in [0.15, 0.2) is 0 Å². The third-order valence-corrected chi connectivity index (χ3v) is 3.37. The average Bonchev–Trinajstić information content (AvgIpc) is 2.49. The Labute approximate surface area is 123 Å². The van der Waals surface area contributed by atoms with Gasteiger partial charge in [-0.1, -0.05) is 6.07 Å². The van der Waals surface area contributed by atoms with Gasteiger partial charge in [0.2, 0.25) is 0 Å². The van der Waals surface area contributed by atoms with Crippen LogP contribution in [0.4, 0.5) is 10.1 Å². The van der Waals surface area contributed by atoms with Gasteiger partial charge >= 0.3 is 0 Å². The van der Waals surface area contributed by atoms with E-state index in [4.69, 9.17) is 0 Å². The number of pyridine rings is 1. The second-order valence-corrected chi connectivity index (χ2v) is 4.82. The summed E-state index contributed by atoms with van der Waals surface area (Å²) < 4.78 is 12.9. The lowest BCUT2D eigenvalue weighted by molar-refractivity contribution is 0.0962. The molecule has 1 atom stereocenters. The molecule has 4 nitrogen and oxygen atoms in total. The third kappa shape index (κ3) is 3.37. The van der Waals surface area contributed by atoms with Crippen LogP contribution in [-0.4, -0.2) is 17.9 Å². The van der Waals surface area contributed by atoms with Crippen molar-refractivity contribution >= 4 is 11.6 Å². The summed E-state index contributed by atoms with van der Waals surface area (Å²) in [5.41, 5.74) is 3.09. The van der Waals surface area contributed by atoms with Gasteiger partial charge in [-0.15, -0.1) is 0 Å². The summed E-state index contributed by atoms with van der Waals surface area (Å²) in [7, 11) is 1.60. The van der Waals surface area contributed by atoms with Gasteiger partial charge in [-0.3, -0.25) is 9.78 Å². The van der Waals surface area contributed by atoms with E-state index in [0.717, 1.165) is 16.9 Å². The van der Waals surface area contributed by atoms with Crippen LogP contribution in [0.2, 0.25) is 0 Å². The highest BCUT2D eigenvalue weighted by atomic mass is 19.1. The van der Waals surface area contributed by atoms with Crippen molar-refractivity contribution in [3.63, 3.8) is 0 Å². The molecule has 0 bridgehead atoms. The van der Waals surface area contributed by atoms with Crippen LogP contribution < -0.4 is 10.6 Å². The third-order valence-electron chi connectivity index (χ3n) is 3.37. The van der Waals surface area contributed by atoms with Crippen LogP contribution in [0.3, 0.4) is 0 Å². The molecule has 0 aliphatic heterocycles. The van der Waals surface area contributed by atoms with Crippen molar-refractivity contribution in [2.45, 2.75) is 19.9 Å². The predicted molar refractivity (Wildman–Crippen MR) is 80.8 cm³/mol. The zero-order chi connectivity index (χ0) is 15.4. The first kappa shape index (κ1) is 15.0. The number of hydrogen-bond donors (Lipinski definition) is 2. The van der Waals surface area contributed by atoms with E-state index in [1.807, 2.05) is 26.0 Å². The van der Waals surface area contributed by atoms with E-state index in [2.05, 4.69) is 15.6 Å². The lowest BCUT2D eigenvalue weighted by Crippen LogP contribution is -2.19. The maximum absolute atomic E-state index is 12.9. The van der Waals surface area contributed by atoms with E-state index in [1.54, 1.807) is 19.2 Å². The fourth-order valence-electron chi connectivity index (χ4n) is 2.12. The molecule has 5 heteroatoms. The molecule has 2 aromatic rings. The van der Waals surface area contributed by atoms with Crippen LogP contribution in [0.5, 0.6) is 0 Å². The quantitative estimate of drug-likeness (QED) is 0.908. The van der Waals surface area contributed by atoms with Crippen LogP contribution in [0.25, 0.3) is 0 Å². The highest BCUT2D eigenvalue weighted by Gasteiger charge is 2.13. The monoisotopic (exact) mass is 287 g/mol. The largest absolute Gasteiger partial charge is 0.377 e. The lowest BCUT2D eigenvalue weighted by Gasteiger charge is -2.18. The van der Waals surface area contributed by atoms with Crippen LogP contribution in [0, 0.1) is 12.7 Å². The van der Waals surface area contributed by atoms with Gasteiger partial charge in [0.25, 0.3) is 5.91 Å². The molecule has 0 saturated carbocycles. The van der Waals surface area contributed by atoms with Gasteiger partial charge in [0.05, 0.1) is 17.9 Å². The first-order chi connectivity index (χ1) is 10.0. The second kappa shape index (κ2) is 6.35. The number of carbonyl (C=O) groups excluding carboxylic acids is 1. The van der Waals surface area contributed by atoms with Gasteiger partial charge in [-0.05, 0) is 43.7 Å². The Morgan fingerprint density at radius 3 is 2.67 bits per heavy atom. The number of hydrogen-bond acceptors (Lipinski definition) is 3. The van der Waals surface area contributed by atoms with Crippen LogP contribution in [-0.2, 0) is 0 Å². The van der Waals surface area contributed by atoms with Crippen molar-refractivity contribution in [1.82, 2.24) is 10.3 Å². The molecule has 1 heterocycles. The van der Waals surface area contributed by atoms with Gasteiger partial charge < -0.3 is 10.6 Å². The summed E-state index contributed by atoms with van der Waals surface area (Å²) in [6.07, 6.45) is 1.20. The molecule has 2 rings (SSSR count). The fourth-order valence-corrected chi connectivity index (χ4v) is 2.12. The minimum absolute atomic E-state index is 0.0933. The summed E-state index contributed by atoms with van der Waals surface area (Å²) in [6, 6.07) is 8.44. The van der Waals surface area contributed by atoms with Crippen LogP contribution in [0.15, 0.2) is 36.5 Å². The number of benzene rings is 1. The highest BCUT2D eigenvalue weighted by molar-refractivity contribution is 5.96. The Kier molecular flexibility index (Phi) is 4.52. The molecule has 0 radical (unpaired) electrons. The number of aromatic nitrogens is 1. The summed E-state index contributed by atoms with van der Waals surface area (Å²) >= 11 is 0. The molecule has 0 spiro atoms. The summed E-state index contributed by atoms with van der Waals surface area (Å²) in [6.45, 7) is 3.82. The SMILES string of the molecule is CNC(=O)c1cccc(NC(C)c2ccc(F)cn2)c1C. The maximum Gasteiger partial charge on any atom is 0.251 e. The number of rotatable bonds is 4. The van der Waals surface area contributed by atoms with E-state index >= 15 is 0 Å². The van der Waals surface area contributed by atoms with E-state index in [0.29, 0.717) is 5.56 Å². The first-order valence-corrected chi connectivity index (χ1v) is 6.72. The molecule has 1 amide bonds. The van der Waals surface area contributed by atoms with Crippen molar-refractivity contribution < 1.29 is 9.18 Å². The molecule has 0 saturated heterocycles. The first-order valence-electron chi connectivity index (χ1n) is 6.72. The normalized spacial score (nSPS) is 11.8. The van der Waals surface area contributed by atoms with Crippen molar-refractivity contribution in [3.8, 4) is 0 Å². The number of nitrogens with one attached hydrogen (secondary N) is 2. The molecule has 110 valence electrons. The Balaban J connectivity index is 2.23. The van der Waals surface area contributed by atoms with Crippen LogP contribution in [0.1, 0.15) is 34.6 Å². The molecule has 1 unspecified atom stereocenters. The number of carbonyl (C=O) groups is 1. The van der Waals surface area contributed by atoms with E-state index in [1.165, 1.54) is 12.3 Å². The number of nitrogens with zero attached hydrogens (tertiary/aromatic N) is 1. The summed E-state index contributed by atoms with van der Waals surface area (Å²) in [4.78, 5) is 15.8. The molecular formula is C16H18FN3O. The minimum Gasteiger partial charge on any atom is -0.377 e. The van der Waals surface area contributed by atoms with E-state index in [9.17, 15) is 9.18 Å². The average molecular weight is 287 g/mol. The van der Waals surface area contributed by atoms with Gasteiger partial charge in [0.1, 0.15) is 5.82 Å². The molecule has 0 aliphatic carbocycles. The van der Waals surface area contributed by atoms with E-state index < -0.39 is 0 Å². The van der Waals surface area contributed by atoms with Gasteiger partial charge in [-0.25, -0.2) is 4.39 Å². The maximum atomic E-state index is 12.9. The smallest absolute Gasteiger partial charge is 0.251 e. The number of anilines is 1. The van der Waals surface area contributed by atoms with Gasteiger partial charge in [-0.2, -0.15) is 0 Å². The second-order valence-electron chi connectivity index (χ2n) is 4.82. The summed E-state index contributed by atoms with van der Waals surface area (Å²) in [5, 5.41) is 5.92.